The largest absolute Gasteiger partial charge is 0.441 e. The predicted molar refractivity (Wildman–Crippen MR) is 90.0 cm³/mol. The van der Waals surface area contributed by atoms with Gasteiger partial charge in [-0.25, -0.2) is 4.79 Å². The van der Waals surface area contributed by atoms with Crippen molar-refractivity contribution in [3.63, 3.8) is 0 Å². The van der Waals surface area contributed by atoms with Gasteiger partial charge < -0.3 is 24.8 Å². The zero-order valence-electron chi connectivity index (χ0n) is 14.1. The number of carbonyl (C=O) groups is 1. The summed E-state index contributed by atoms with van der Waals surface area (Å²) in [5, 5.41) is 6.15. The number of ether oxygens (including phenoxy) is 3. The van der Waals surface area contributed by atoms with E-state index in [0.29, 0.717) is 19.8 Å². The van der Waals surface area contributed by atoms with Crippen LogP contribution in [0, 0.1) is 0 Å². The Kier molecular flexibility index (Phi) is 6.07. The second-order valence-corrected chi connectivity index (χ2v) is 6.22. The van der Waals surface area contributed by atoms with Gasteiger partial charge in [0.05, 0.1) is 19.3 Å². The predicted octanol–water partition coefficient (Wildman–Crippen LogP) is 1.49. The highest BCUT2D eigenvalue weighted by molar-refractivity contribution is 5.67. The molecule has 6 nitrogen and oxygen atoms in total. The van der Waals surface area contributed by atoms with Gasteiger partial charge in [-0.05, 0) is 31.9 Å². The highest BCUT2D eigenvalue weighted by Crippen LogP contribution is 2.29. The van der Waals surface area contributed by atoms with Gasteiger partial charge in [0, 0.05) is 6.54 Å². The Labute approximate surface area is 142 Å². The lowest BCUT2D eigenvalue weighted by molar-refractivity contribution is 0.00402. The van der Waals surface area contributed by atoms with Crippen molar-refractivity contribution in [1.29, 1.82) is 0 Å². The second kappa shape index (κ2) is 8.46. The Bertz CT molecular complexity index is 525. The standard InChI is InChI=1S/C18H26N2O4/c1-2-19-18(21)24-15-12-23-16-14(11-22-17(15)16)20-10-6-9-13-7-4-3-5-8-13/h3-5,7-8,14-17,20H,2,6,9-12H2,1H3,(H,19,21). The molecule has 0 bridgehead atoms. The number of carbonyl (C=O) groups excluding carboxylic acids is 1. The average molecular weight is 334 g/mol. The van der Waals surface area contributed by atoms with E-state index in [2.05, 4.69) is 34.9 Å². The number of hydrogen-bond donors (Lipinski definition) is 2. The van der Waals surface area contributed by atoms with E-state index in [1.54, 1.807) is 0 Å². The Morgan fingerprint density at radius 3 is 2.79 bits per heavy atom. The first-order chi connectivity index (χ1) is 11.8. The van der Waals surface area contributed by atoms with Crippen LogP contribution in [0.25, 0.3) is 0 Å². The summed E-state index contributed by atoms with van der Waals surface area (Å²) in [6.07, 6.45) is 1.18. The van der Waals surface area contributed by atoms with Crippen LogP contribution in [0.5, 0.6) is 0 Å². The SMILES string of the molecule is CCNC(=O)OC1COC2C(NCCCc3ccccc3)COC12. The van der Waals surface area contributed by atoms with Crippen molar-refractivity contribution in [2.45, 2.75) is 44.1 Å². The van der Waals surface area contributed by atoms with Gasteiger partial charge in [-0.15, -0.1) is 0 Å². The summed E-state index contributed by atoms with van der Waals surface area (Å²) >= 11 is 0. The number of amides is 1. The molecule has 132 valence electrons. The molecule has 0 aliphatic carbocycles. The molecule has 0 spiro atoms. The molecule has 0 radical (unpaired) electrons. The van der Waals surface area contributed by atoms with Gasteiger partial charge in [-0.3, -0.25) is 0 Å². The summed E-state index contributed by atoms with van der Waals surface area (Å²) in [5.41, 5.74) is 1.35. The Balaban J connectivity index is 1.39. The number of nitrogens with one attached hydrogen (secondary N) is 2. The Morgan fingerprint density at radius 1 is 1.21 bits per heavy atom. The molecular weight excluding hydrogens is 308 g/mol. The molecule has 2 aliphatic rings. The zero-order valence-corrected chi connectivity index (χ0v) is 14.1. The fraction of sp³-hybridized carbons (Fsp3) is 0.611. The molecule has 2 fully saturated rings. The minimum Gasteiger partial charge on any atom is -0.441 e. The average Bonchev–Trinajstić information content (AvgIpc) is 3.16. The molecule has 2 aliphatic heterocycles. The van der Waals surface area contributed by atoms with E-state index in [0.717, 1.165) is 19.4 Å². The van der Waals surface area contributed by atoms with E-state index in [9.17, 15) is 4.79 Å². The Morgan fingerprint density at radius 2 is 2.00 bits per heavy atom. The fourth-order valence-corrected chi connectivity index (χ4v) is 3.29. The van der Waals surface area contributed by atoms with Crippen molar-refractivity contribution in [1.82, 2.24) is 10.6 Å². The van der Waals surface area contributed by atoms with E-state index >= 15 is 0 Å². The van der Waals surface area contributed by atoms with Gasteiger partial charge in [-0.1, -0.05) is 30.3 Å². The summed E-state index contributed by atoms with van der Waals surface area (Å²) in [5.74, 6) is 0. The third-order valence-corrected chi connectivity index (χ3v) is 4.48. The van der Waals surface area contributed by atoms with Crippen LogP contribution >= 0.6 is 0 Å². The summed E-state index contributed by atoms with van der Waals surface area (Å²) < 4.78 is 17.0. The monoisotopic (exact) mass is 334 g/mol. The van der Waals surface area contributed by atoms with Crippen LogP contribution in [0.4, 0.5) is 4.79 Å². The van der Waals surface area contributed by atoms with E-state index in [-0.39, 0.29) is 24.4 Å². The van der Waals surface area contributed by atoms with Crippen molar-refractivity contribution < 1.29 is 19.0 Å². The minimum absolute atomic E-state index is 0.0406. The van der Waals surface area contributed by atoms with Crippen LogP contribution in [-0.2, 0) is 20.6 Å². The zero-order chi connectivity index (χ0) is 16.8. The van der Waals surface area contributed by atoms with Gasteiger partial charge in [0.1, 0.15) is 12.2 Å². The van der Waals surface area contributed by atoms with Crippen LogP contribution < -0.4 is 10.6 Å². The summed E-state index contributed by atoms with van der Waals surface area (Å²) in [6, 6.07) is 10.6. The normalized spacial score (nSPS) is 28.5. The lowest BCUT2D eigenvalue weighted by atomic mass is 10.1. The van der Waals surface area contributed by atoms with Crippen molar-refractivity contribution >= 4 is 6.09 Å². The van der Waals surface area contributed by atoms with Crippen LogP contribution in [0.15, 0.2) is 30.3 Å². The summed E-state index contributed by atoms with van der Waals surface area (Å²) in [7, 11) is 0. The summed E-state index contributed by atoms with van der Waals surface area (Å²) in [6.45, 7) is 4.31. The van der Waals surface area contributed by atoms with Gasteiger partial charge in [0.25, 0.3) is 0 Å². The molecule has 6 heteroatoms. The van der Waals surface area contributed by atoms with E-state index < -0.39 is 6.09 Å². The highest BCUT2D eigenvalue weighted by atomic mass is 16.6. The van der Waals surface area contributed by atoms with Crippen LogP contribution in [0.3, 0.4) is 0 Å². The maximum Gasteiger partial charge on any atom is 0.407 e. The molecule has 1 aromatic rings. The molecule has 0 saturated carbocycles. The molecule has 24 heavy (non-hydrogen) atoms. The number of alkyl carbamates (subject to hydrolysis) is 1. The molecule has 2 N–H and O–H groups in total. The lowest BCUT2D eigenvalue weighted by Gasteiger charge is -2.18. The minimum atomic E-state index is -0.408. The van der Waals surface area contributed by atoms with E-state index in [1.165, 1.54) is 5.56 Å². The molecule has 2 saturated heterocycles. The number of benzene rings is 1. The maximum atomic E-state index is 11.6. The molecule has 4 atom stereocenters. The van der Waals surface area contributed by atoms with Crippen molar-refractivity contribution in [2.24, 2.45) is 0 Å². The first-order valence-electron chi connectivity index (χ1n) is 8.73. The van der Waals surface area contributed by atoms with Gasteiger partial charge in [0.15, 0.2) is 6.10 Å². The molecule has 1 amide bonds. The second-order valence-electron chi connectivity index (χ2n) is 6.22. The smallest absolute Gasteiger partial charge is 0.407 e. The fourth-order valence-electron chi connectivity index (χ4n) is 3.29. The molecular formula is C18H26N2O4. The van der Waals surface area contributed by atoms with Gasteiger partial charge >= 0.3 is 6.09 Å². The van der Waals surface area contributed by atoms with Crippen molar-refractivity contribution in [3.05, 3.63) is 35.9 Å². The number of aryl methyl sites for hydroxylation is 1. The number of fused-ring (bicyclic) bond motifs is 1. The van der Waals surface area contributed by atoms with Crippen LogP contribution in [0.2, 0.25) is 0 Å². The number of rotatable bonds is 7. The molecule has 1 aromatic carbocycles. The van der Waals surface area contributed by atoms with Gasteiger partial charge in [-0.2, -0.15) is 0 Å². The maximum absolute atomic E-state index is 11.6. The lowest BCUT2D eigenvalue weighted by Crippen LogP contribution is -2.42. The molecule has 4 unspecified atom stereocenters. The Hall–Kier alpha value is -1.63. The third-order valence-electron chi connectivity index (χ3n) is 4.48. The van der Waals surface area contributed by atoms with Gasteiger partial charge in [0.2, 0.25) is 0 Å². The van der Waals surface area contributed by atoms with Crippen LogP contribution in [0.1, 0.15) is 18.9 Å². The van der Waals surface area contributed by atoms with Crippen LogP contribution in [-0.4, -0.2) is 56.8 Å². The quantitative estimate of drug-likeness (QED) is 0.740. The topological polar surface area (TPSA) is 68.8 Å². The first-order valence-corrected chi connectivity index (χ1v) is 8.73. The van der Waals surface area contributed by atoms with E-state index in [4.69, 9.17) is 14.2 Å². The first kappa shape index (κ1) is 17.2. The van der Waals surface area contributed by atoms with Crippen molar-refractivity contribution in [3.8, 4) is 0 Å². The highest BCUT2D eigenvalue weighted by Gasteiger charge is 2.49. The van der Waals surface area contributed by atoms with Crippen molar-refractivity contribution in [2.75, 3.05) is 26.3 Å². The molecule has 0 aromatic heterocycles. The third kappa shape index (κ3) is 4.26. The summed E-state index contributed by atoms with van der Waals surface area (Å²) in [4.78, 5) is 11.6. The number of hydrogen-bond acceptors (Lipinski definition) is 5. The molecule has 2 heterocycles. The molecule has 3 rings (SSSR count). The van der Waals surface area contributed by atoms with E-state index in [1.807, 2.05) is 13.0 Å².